The second kappa shape index (κ2) is 10.2. The molecule has 0 radical (unpaired) electrons. The van der Waals surface area contributed by atoms with E-state index < -0.39 is 52.3 Å². The van der Waals surface area contributed by atoms with Crippen molar-refractivity contribution in [3.63, 3.8) is 0 Å². The fraction of sp³-hybridized carbons (Fsp3) is 0.143. The molecule has 0 aliphatic heterocycles. The summed E-state index contributed by atoms with van der Waals surface area (Å²) < 4.78 is 117. The molecule has 192 valence electrons. The average Bonchev–Trinajstić information content (AvgIpc) is 2.84. The average molecular weight is 522 g/mol. The van der Waals surface area contributed by atoms with Crippen LogP contribution < -0.4 is 4.74 Å². The summed E-state index contributed by atoms with van der Waals surface area (Å²) in [6.07, 6.45) is -2.97. The highest BCUT2D eigenvalue weighted by Gasteiger charge is 2.40. The molecular formula is C28H18F8O. The topological polar surface area (TPSA) is 9.23 Å². The number of ether oxygens (including phenoxy) is 1. The van der Waals surface area contributed by atoms with Gasteiger partial charge in [-0.25, -0.2) is 26.3 Å². The number of alkyl halides is 2. The SMILES string of the molecule is CCCc1ccc(-c2ccc(-c3ccc(C(F)(F)Oc4cc(F)c(F)c(F)c4)c(F)c3F)cc2)c(F)c1. The smallest absolute Gasteiger partial charge is 0.429 e. The summed E-state index contributed by atoms with van der Waals surface area (Å²) >= 11 is 0. The van der Waals surface area contributed by atoms with E-state index in [1.54, 1.807) is 12.1 Å². The summed E-state index contributed by atoms with van der Waals surface area (Å²) in [6.45, 7) is 1.97. The van der Waals surface area contributed by atoms with Crippen LogP contribution in [0.15, 0.2) is 66.7 Å². The molecule has 0 spiro atoms. The zero-order valence-electron chi connectivity index (χ0n) is 19.2. The number of hydrogen-bond donors (Lipinski definition) is 0. The molecule has 9 heteroatoms. The third-order valence-corrected chi connectivity index (χ3v) is 5.68. The molecule has 0 saturated heterocycles. The van der Waals surface area contributed by atoms with Crippen molar-refractivity contribution in [2.24, 2.45) is 0 Å². The third kappa shape index (κ3) is 5.30. The van der Waals surface area contributed by atoms with Crippen molar-refractivity contribution in [3.8, 4) is 28.0 Å². The van der Waals surface area contributed by atoms with Crippen LogP contribution >= 0.6 is 0 Å². The van der Waals surface area contributed by atoms with Gasteiger partial charge < -0.3 is 4.74 Å². The van der Waals surface area contributed by atoms with Crippen molar-refractivity contribution in [3.05, 3.63) is 113 Å². The summed E-state index contributed by atoms with van der Waals surface area (Å²) in [5, 5.41) is 0. The van der Waals surface area contributed by atoms with Gasteiger partial charge in [-0.3, -0.25) is 0 Å². The van der Waals surface area contributed by atoms with Crippen molar-refractivity contribution in [1.82, 2.24) is 0 Å². The minimum Gasteiger partial charge on any atom is -0.429 e. The van der Waals surface area contributed by atoms with Crippen molar-refractivity contribution in [2.45, 2.75) is 25.9 Å². The molecular weight excluding hydrogens is 504 g/mol. The van der Waals surface area contributed by atoms with Crippen molar-refractivity contribution in [1.29, 1.82) is 0 Å². The van der Waals surface area contributed by atoms with E-state index in [4.69, 9.17) is 0 Å². The van der Waals surface area contributed by atoms with E-state index in [1.807, 2.05) is 6.92 Å². The molecule has 1 nitrogen and oxygen atoms in total. The van der Waals surface area contributed by atoms with Gasteiger partial charge in [0.15, 0.2) is 29.1 Å². The van der Waals surface area contributed by atoms with Crippen molar-refractivity contribution in [2.75, 3.05) is 0 Å². The Morgan fingerprint density at radius 2 is 1.19 bits per heavy atom. The number of halogens is 8. The molecule has 0 aliphatic carbocycles. The van der Waals surface area contributed by atoms with Crippen LogP contribution in [0.4, 0.5) is 35.1 Å². The minimum atomic E-state index is -4.55. The third-order valence-electron chi connectivity index (χ3n) is 5.68. The van der Waals surface area contributed by atoms with E-state index in [9.17, 15) is 35.1 Å². The zero-order valence-corrected chi connectivity index (χ0v) is 19.2. The van der Waals surface area contributed by atoms with Crippen molar-refractivity contribution < 1.29 is 39.9 Å². The second-order valence-electron chi connectivity index (χ2n) is 8.25. The van der Waals surface area contributed by atoms with Crippen LogP contribution in [-0.4, -0.2) is 0 Å². The predicted octanol–water partition coefficient (Wildman–Crippen LogP) is 8.94. The molecule has 4 aromatic rings. The number of aryl methyl sites for hydroxylation is 1. The lowest BCUT2D eigenvalue weighted by molar-refractivity contribution is -0.187. The maximum atomic E-state index is 14.8. The Morgan fingerprint density at radius 3 is 1.76 bits per heavy atom. The molecule has 0 amide bonds. The van der Waals surface area contributed by atoms with Crippen LogP contribution in [0.2, 0.25) is 0 Å². The van der Waals surface area contributed by atoms with E-state index >= 15 is 0 Å². The minimum absolute atomic E-state index is 0.127. The van der Waals surface area contributed by atoms with E-state index in [2.05, 4.69) is 4.74 Å². The van der Waals surface area contributed by atoms with E-state index in [0.717, 1.165) is 24.5 Å². The zero-order chi connectivity index (χ0) is 26.9. The molecule has 0 saturated carbocycles. The molecule has 0 unspecified atom stereocenters. The maximum Gasteiger partial charge on any atom is 0.429 e. The molecule has 0 bridgehead atoms. The van der Waals surface area contributed by atoms with Gasteiger partial charge in [0.1, 0.15) is 17.1 Å². The van der Waals surface area contributed by atoms with Gasteiger partial charge >= 0.3 is 6.11 Å². The molecule has 37 heavy (non-hydrogen) atoms. The van der Waals surface area contributed by atoms with Crippen LogP contribution in [0.25, 0.3) is 22.3 Å². The van der Waals surface area contributed by atoms with Gasteiger partial charge in [-0.05, 0) is 35.2 Å². The Hall–Kier alpha value is -3.88. The van der Waals surface area contributed by atoms with Crippen LogP contribution in [0.5, 0.6) is 5.75 Å². The highest BCUT2D eigenvalue weighted by molar-refractivity contribution is 5.71. The molecule has 0 aromatic heterocycles. The van der Waals surface area contributed by atoms with Crippen LogP contribution in [0, 0.1) is 34.9 Å². The Balaban J connectivity index is 1.61. The summed E-state index contributed by atoms with van der Waals surface area (Å²) in [5.41, 5.74) is -0.152. The van der Waals surface area contributed by atoms with Gasteiger partial charge in [0.05, 0.1) is 0 Å². The molecule has 0 aliphatic rings. The predicted molar refractivity (Wildman–Crippen MR) is 122 cm³/mol. The van der Waals surface area contributed by atoms with Crippen molar-refractivity contribution >= 4 is 0 Å². The highest BCUT2D eigenvalue weighted by Crippen LogP contribution is 2.37. The first-order chi connectivity index (χ1) is 17.5. The van der Waals surface area contributed by atoms with Gasteiger partial charge in [-0.15, -0.1) is 0 Å². The first-order valence-corrected chi connectivity index (χ1v) is 11.1. The summed E-state index contributed by atoms with van der Waals surface area (Å²) in [7, 11) is 0. The second-order valence-corrected chi connectivity index (χ2v) is 8.25. The van der Waals surface area contributed by atoms with Crippen LogP contribution in [0.1, 0.15) is 24.5 Å². The van der Waals surface area contributed by atoms with E-state index in [0.29, 0.717) is 17.2 Å². The Kier molecular flexibility index (Phi) is 7.25. The molecule has 4 rings (SSSR count). The molecule has 0 atom stereocenters. The molecule has 0 N–H and O–H groups in total. The first-order valence-electron chi connectivity index (χ1n) is 11.1. The molecule has 0 heterocycles. The number of rotatable bonds is 7. The van der Waals surface area contributed by atoms with Gasteiger partial charge in [-0.2, -0.15) is 8.78 Å². The summed E-state index contributed by atoms with van der Waals surface area (Å²) in [4.78, 5) is 0. The lowest BCUT2D eigenvalue weighted by Gasteiger charge is -2.20. The standard InChI is InChI=1S/C28H18F8O/c1-2-3-15-4-9-19(22(29)12-15)16-5-7-17(8-6-16)20-10-11-21(26(33)25(20)32)28(35,36)37-18-13-23(30)27(34)24(31)14-18/h4-14H,2-3H2,1H3. The fourth-order valence-electron chi connectivity index (χ4n) is 3.86. The van der Waals surface area contributed by atoms with Crippen LogP contribution in [0.3, 0.4) is 0 Å². The number of hydrogen-bond acceptors (Lipinski definition) is 1. The largest absolute Gasteiger partial charge is 0.429 e. The number of benzene rings is 4. The molecule has 4 aromatic carbocycles. The van der Waals surface area contributed by atoms with Gasteiger partial charge in [-0.1, -0.05) is 55.8 Å². The Labute approximate surface area is 207 Å². The maximum absolute atomic E-state index is 14.8. The highest BCUT2D eigenvalue weighted by atomic mass is 19.3. The lowest BCUT2D eigenvalue weighted by Crippen LogP contribution is -2.24. The van der Waals surface area contributed by atoms with Gasteiger partial charge in [0, 0.05) is 23.3 Å². The molecule has 0 fully saturated rings. The fourth-order valence-corrected chi connectivity index (χ4v) is 3.86. The Morgan fingerprint density at radius 1 is 0.622 bits per heavy atom. The quantitative estimate of drug-likeness (QED) is 0.174. The Bertz CT molecular complexity index is 1420. The monoisotopic (exact) mass is 522 g/mol. The van der Waals surface area contributed by atoms with Gasteiger partial charge in [0.25, 0.3) is 0 Å². The van der Waals surface area contributed by atoms with Gasteiger partial charge in [0.2, 0.25) is 0 Å². The first kappa shape index (κ1) is 26.2. The lowest BCUT2D eigenvalue weighted by atomic mass is 9.97. The van der Waals surface area contributed by atoms with Crippen LogP contribution in [-0.2, 0) is 12.5 Å². The van der Waals surface area contributed by atoms with E-state index in [1.165, 1.54) is 30.3 Å². The summed E-state index contributed by atoms with van der Waals surface area (Å²) in [5.74, 6) is -10.6. The van der Waals surface area contributed by atoms with E-state index in [-0.39, 0.29) is 23.3 Å². The normalized spacial score (nSPS) is 11.6. The summed E-state index contributed by atoms with van der Waals surface area (Å²) in [6, 6.07) is 12.3.